The minimum atomic E-state index is -1.09. The van der Waals surface area contributed by atoms with Gasteiger partial charge in [0.15, 0.2) is 23.4 Å². The van der Waals surface area contributed by atoms with Crippen LogP contribution in [0.3, 0.4) is 0 Å². The molecule has 0 fully saturated rings. The van der Waals surface area contributed by atoms with Gasteiger partial charge in [0.2, 0.25) is 0 Å². The van der Waals surface area contributed by atoms with Gasteiger partial charge in [-0.25, -0.2) is 9.78 Å². The molecule has 0 aliphatic heterocycles. The summed E-state index contributed by atoms with van der Waals surface area (Å²) in [6.07, 6.45) is 2.56. The van der Waals surface area contributed by atoms with E-state index in [2.05, 4.69) is 25.5 Å². The number of ether oxygens (including phenoxy) is 3. The number of carbonyl (C=O) groups is 1. The molecule has 43 heavy (non-hydrogen) atoms. The summed E-state index contributed by atoms with van der Waals surface area (Å²) in [4.78, 5) is 30.2. The fourth-order valence-corrected chi connectivity index (χ4v) is 4.79. The molecule has 0 aliphatic rings. The number of carboxylic acids is 1. The zero-order valence-electron chi connectivity index (χ0n) is 25.4. The number of hydrogen-bond acceptors (Lipinski definition) is 7. The van der Waals surface area contributed by atoms with E-state index >= 15 is 0 Å². The van der Waals surface area contributed by atoms with Crippen molar-refractivity contribution >= 4 is 23.1 Å². The van der Waals surface area contributed by atoms with E-state index in [9.17, 15) is 14.7 Å². The van der Waals surface area contributed by atoms with Crippen molar-refractivity contribution in [2.24, 2.45) is 5.10 Å². The summed E-state index contributed by atoms with van der Waals surface area (Å²) in [5, 5.41) is 14.5. The van der Waals surface area contributed by atoms with Crippen molar-refractivity contribution in [2.45, 2.75) is 53.1 Å². The van der Waals surface area contributed by atoms with E-state index in [4.69, 9.17) is 19.2 Å². The first-order valence-corrected chi connectivity index (χ1v) is 14.1. The van der Waals surface area contributed by atoms with Crippen LogP contribution in [0, 0.1) is 6.92 Å². The molecule has 0 amide bonds. The Kier molecular flexibility index (Phi) is 9.65. The van der Waals surface area contributed by atoms with Gasteiger partial charge in [0.25, 0.3) is 5.56 Å². The molecule has 0 aliphatic carbocycles. The van der Waals surface area contributed by atoms with E-state index in [0.29, 0.717) is 52.4 Å². The number of aliphatic carboxylic acids is 1. The van der Waals surface area contributed by atoms with Gasteiger partial charge in [0.05, 0.1) is 30.8 Å². The minimum Gasteiger partial charge on any atom is -0.496 e. The SMILES string of the molecule is C=CCc1cc(C=Nn2c(-c3cc(C(C)C)c(OC)cc3C)nc3ccccc3c2=O)cc(OCC)c1O[C@H](C)C(=O)O. The zero-order valence-corrected chi connectivity index (χ0v) is 25.4. The average Bonchev–Trinajstić information content (AvgIpc) is 2.98. The molecule has 0 saturated carbocycles. The van der Waals surface area contributed by atoms with Gasteiger partial charge in [0, 0.05) is 11.1 Å². The van der Waals surface area contributed by atoms with Crippen LogP contribution in [0.1, 0.15) is 55.9 Å². The predicted octanol–water partition coefficient (Wildman–Crippen LogP) is 6.37. The van der Waals surface area contributed by atoms with Crippen molar-refractivity contribution in [1.82, 2.24) is 9.66 Å². The lowest BCUT2D eigenvalue weighted by molar-refractivity contribution is -0.144. The van der Waals surface area contributed by atoms with Crippen LogP contribution in [0.2, 0.25) is 0 Å². The number of benzene rings is 3. The molecule has 1 heterocycles. The second-order valence-electron chi connectivity index (χ2n) is 10.4. The Labute approximate surface area is 251 Å². The summed E-state index contributed by atoms with van der Waals surface area (Å²) >= 11 is 0. The second-order valence-corrected chi connectivity index (χ2v) is 10.4. The van der Waals surface area contributed by atoms with Gasteiger partial charge in [0.1, 0.15) is 5.75 Å². The number of methoxy groups -OCH3 is 1. The van der Waals surface area contributed by atoms with Gasteiger partial charge >= 0.3 is 5.97 Å². The molecule has 3 aromatic carbocycles. The maximum atomic E-state index is 13.8. The normalized spacial score (nSPS) is 12.1. The molecule has 224 valence electrons. The molecule has 4 rings (SSSR count). The number of hydrogen-bond donors (Lipinski definition) is 1. The summed E-state index contributed by atoms with van der Waals surface area (Å²) in [5.41, 5.74) is 4.18. The van der Waals surface area contributed by atoms with Crippen LogP contribution in [-0.4, -0.2) is 46.8 Å². The van der Waals surface area contributed by atoms with Crippen LogP contribution in [0.5, 0.6) is 17.2 Å². The molecule has 0 saturated heterocycles. The number of rotatable bonds is 12. The Bertz CT molecular complexity index is 1760. The highest BCUT2D eigenvalue weighted by Gasteiger charge is 2.21. The number of allylic oxidation sites excluding steroid dienone is 1. The highest BCUT2D eigenvalue weighted by molar-refractivity contribution is 5.84. The molecule has 0 spiro atoms. The van der Waals surface area contributed by atoms with Crippen molar-refractivity contribution in [3.63, 3.8) is 0 Å². The van der Waals surface area contributed by atoms with Crippen LogP contribution in [0.15, 0.2) is 71.1 Å². The van der Waals surface area contributed by atoms with Gasteiger partial charge < -0.3 is 19.3 Å². The molecule has 0 unspecified atom stereocenters. The van der Waals surface area contributed by atoms with Gasteiger partial charge in [-0.1, -0.05) is 32.1 Å². The minimum absolute atomic E-state index is 0.170. The molecule has 1 aromatic heterocycles. The third-order valence-corrected chi connectivity index (χ3v) is 6.98. The summed E-state index contributed by atoms with van der Waals surface area (Å²) in [7, 11) is 1.64. The van der Waals surface area contributed by atoms with Crippen LogP contribution >= 0.6 is 0 Å². The van der Waals surface area contributed by atoms with Crippen LogP contribution < -0.4 is 19.8 Å². The number of carboxylic acid groups (broad SMARTS) is 1. The fraction of sp³-hybridized carbons (Fsp3) is 0.294. The lowest BCUT2D eigenvalue weighted by atomic mass is 9.96. The van der Waals surface area contributed by atoms with Gasteiger partial charge in [-0.2, -0.15) is 9.78 Å². The average molecular weight is 584 g/mol. The first kappa shape index (κ1) is 31.0. The first-order valence-electron chi connectivity index (χ1n) is 14.1. The summed E-state index contributed by atoms with van der Waals surface area (Å²) in [6, 6.07) is 14.7. The quantitative estimate of drug-likeness (QED) is 0.152. The lowest BCUT2D eigenvalue weighted by Crippen LogP contribution is -2.24. The largest absolute Gasteiger partial charge is 0.496 e. The van der Waals surface area contributed by atoms with E-state index in [1.807, 2.05) is 44.2 Å². The second kappa shape index (κ2) is 13.4. The zero-order chi connectivity index (χ0) is 31.3. The highest BCUT2D eigenvalue weighted by Crippen LogP contribution is 2.36. The molecular formula is C34H37N3O6. The summed E-state index contributed by atoms with van der Waals surface area (Å²) in [5.74, 6) is 0.939. The van der Waals surface area contributed by atoms with Crippen LogP contribution in [0.4, 0.5) is 0 Å². The molecule has 1 N–H and O–H groups in total. The number of aromatic nitrogens is 2. The Morgan fingerprint density at radius 3 is 2.53 bits per heavy atom. The van der Waals surface area contributed by atoms with Crippen LogP contribution in [0.25, 0.3) is 22.3 Å². The Morgan fingerprint density at radius 1 is 1.14 bits per heavy atom. The molecular weight excluding hydrogens is 546 g/mol. The van der Waals surface area contributed by atoms with Gasteiger partial charge in [-0.15, -0.1) is 6.58 Å². The van der Waals surface area contributed by atoms with E-state index in [1.54, 1.807) is 37.6 Å². The maximum absolute atomic E-state index is 13.8. The summed E-state index contributed by atoms with van der Waals surface area (Å²) in [6.45, 7) is 13.6. The van der Waals surface area contributed by atoms with Crippen molar-refractivity contribution in [3.05, 3.63) is 93.8 Å². The van der Waals surface area contributed by atoms with Crippen LogP contribution in [-0.2, 0) is 11.2 Å². The third kappa shape index (κ3) is 6.61. The number of aryl methyl sites for hydroxylation is 1. The van der Waals surface area contributed by atoms with Crippen molar-refractivity contribution < 1.29 is 24.1 Å². The Hall–Kier alpha value is -4.92. The smallest absolute Gasteiger partial charge is 0.344 e. The molecule has 0 radical (unpaired) electrons. The molecule has 9 heteroatoms. The molecule has 4 aromatic rings. The van der Waals surface area contributed by atoms with E-state index < -0.39 is 12.1 Å². The molecule has 9 nitrogen and oxygen atoms in total. The lowest BCUT2D eigenvalue weighted by Gasteiger charge is -2.19. The standard InChI is InChI=1S/C34H37N3O6/c1-8-12-24-16-23(17-30(42-9-2)31(24)43-22(6)34(39)40)19-35-37-32(36-28-14-11-10-13-25(28)33(37)38)27-18-26(20(3)4)29(41-7)15-21(27)5/h8,10-11,13-20,22H,1,9,12H2,2-7H3,(H,39,40)/t22-/m1/s1. The fourth-order valence-electron chi connectivity index (χ4n) is 4.79. The van der Waals surface area contributed by atoms with Crippen molar-refractivity contribution in [2.75, 3.05) is 13.7 Å². The topological polar surface area (TPSA) is 112 Å². The van der Waals surface area contributed by atoms with E-state index in [1.165, 1.54) is 11.6 Å². The highest BCUT2D eigenvalue weighted by atomic mass is 16.5. The number of nitrogens with zero attached hydrogens (tertiary/aromatic N) is 3. The van der Waals surface area contributed by atoms with Gasteiger partial charge in [-0.05, 0) is 86.2 Å². The van der Waals surface area contributed by atoms with Crippen molar-refractivity contribution in [1.29, 1.82) is 0 Å². The monoisotopic (exact) mass is 583 g/mol. The Balaban J connectivity index is 1.94. The van der Waals surface area contributed by atoms with Gasteiger partial charge in [-0.3, -0.25) is 4.79 Å². The Morgan fingerprint density at radius 2 is 1.88 bits per heavy atom. The molecule has 1 atom stereocenters. The maximum Gasteiger partial charge on any atom is 0.344 e. The summed E-state index contributed by atoms with van der Waals surface area (Å²) < 4.78 is 18.6. The number of para-hydroxylation sites is 1. The first-order chi connectivity index (χ1) is 20.6. The third-order valence-electron chi connectivity index (χ3n) is 6.98. The molecule has 0 bridgehead atoms. The van der Waals surface area contributed by atoms with Crippen molar-refractivity contribution in [3.8, 4) is 28.6 Å². The van der Waals surface area contributed by atoms with E-state index in [0.717, 1.165) is 22.4 Å². The predicted molar refractivity (Wildman–Crippen MR) is 169 cm³/mol. The number of fused-ring (bicyclic) bond motifs is 1. The van der Waals surface area contributed by atoms with E-state index in [-0.39, 0.29) is 11.5 Å².